The maximum atomic E-state index is 13.4. The third-order valence-electron chi connectivity index (χ3n) is 4.61. The van der Waals surface area contributed by atoms with Gasteiger partial charge in [0.25, 0.3) is 5.91 Å². The third-order valence-corrected chi connectivity index (χ3v) is 6.16. The van der Waals surface area contributed by atoms with Crippen LogP contribution in [-0.4, -0.2) is 15.1 Å². The van der Waals surface area contributed by atoms with Crippen LogP contribution in [0.3, 0.4) is 0 Å². The Labute approximate surface area is 182 Å². The molecule has 31 heavy (non-hydrogen) atoms. The van der Waals surface area contributed by atoms with Crippen molar-refractivity contribution >= 4 is 39.9 Å². The lowest BCUT2D eigenvalue weighted by Gasteiger charge is -2.36. The highest BCUT2D eigenvalue weighted by molar-refractivity contribution is 7.83. The zero-order chi connectivity index (χ0) is 22.3. The van der Waals surface area contributed by atoms with E-state index in [1.165, 1.54) is 18.3 Å². The topological polar surface area (TPSA) is 83.1 Å². The minimum absolute atomic E-state index is 0.0917. The number of anilines is 2. The minimum atomic E-state index is -1.71. The van der Waals surface area contributed by atoms with E-state index in [1.54, 1.807) is 25.1 Å². The molecule has 2 heterocycles. The number of carbonyl (C=O) groups excluding carboxylic acids is 1. The van der Waals surface area contributed by atoms with Gasteiger partial charge in [0.05, 0.1) is 21.3 Å². The Balaban J connectivity index is 1.59. The van der Waals surface area contributed by atoms with Crippen molar-refractivity contribution in [3.8, 4) is 0 Å². The van der Waals surface area contributed by atoms with Crippen molar-refractivity contribution in [1.29, 1.82) is 0 Å². The summed E-state index contributed by atoms with van der Waals surface area (Å²) in [7, 11) is -1.71. The van der Waals surface area contributed by atoms with Crippen LogP contribution in [-0.2, 0) is 16.6 Å². The number of aromatic nitrogens is 1. The largest absolute Gasteiger partial charge is 0.361 e. The van der Waals surface area contributed by atoms with E-state index in [-0.39, 0.29) is 11.3 Å². The van der Waals surface area contributed by atoms with E-state index in [4.69, 9.17) is 11.6 Å². The van der Waals surface area contributed by atoms with Crippen LogP contribution < -0.4 is 15.4 Å². The molecule has 1 aromatic heterocycles. The van der Waals surface area contributed by atoms with Crippen molar-refractivity contribution in [3.63, 3.8) is 0 Å². The Kier molecular flexibility index (Phi) is 5.46. The number of carbonyl (C=O) groups is 1. The smallest absolute Gasteiger partial charge is 0.255 e. The van der Waals surface area contributed by atoms with Crippen LogP contribution in [0.15, 0.2) is 53.6 Å². The minimum Gasteiger partial charge on any atom is -0.361 e. The van der Waals surface area contributed by atoms with Crippen LogP contribution in [0, 0.1) is 17.5 Å². The molecule has 1 aliphatic rings. The number of amides is 1. The Morgan fingerprint density at radius 1 is 1.13 bits per heavy atom. The number of halogens is 4. The summed E-state index contributed by atoms with van der Waals surface area (Å²) in [5, 5.41) is 5.94. The molecule has 2 aromatic carbocycles. The fraction of sp³-hybridized carbons (Fsp3) is 0.100. The summed E-state index contributed by atoms with van der Waals surface area (Å²) in [6.45, 7) is 1.75. The van der Waals surface area contributed by atoms with Gasteiger partial charge in [0, 0.05) is 29.6 Å². The quantitative estimate of drug-likeness (QED) is 0.502. The second kappa shape index (κ2) is 7.95. The molecule has 0 radical (unpaired) electrons. The summed E-state index contributed by atoms with van der Waals surface area (Å²) in [5.74, 6) is -5.19. The number of benzene rings is 2. The van der Waals surface area contributed by atoms with Crippen molar-refractivity contribution in [2.24, 2.45) is 0 Å². The van der Waals surface area contributed by atoms with Crippen molar-refractivity contribution in [3.05, 3.63) is 82.4 Å². The molecule has 1 aliphatic heterocycles. The fourth-order valence-corrected chi connectivity index (χ4v) is 4.38. The standard InChI is InChI=1S/C20H14ClF3N4O2S/c1-20(17-5-3-11(21)9-25-17)27-15-4-2-10(6-16(15)31(30)28-20)19(29)26-12-7-13(22)18(24)14(23)8-12/h2-9,27-28H,1H3,(H,26,29). The highest BCUT2D eigenvalue weighted by atomic mass is 35.5. The molecular formula is C20H14ClF3N4O2S. The van der Waals surface area contributed by atoms with Gasteiger partial charge in [-0.15, -0.1) is 0 Å². The number of nitrogens with zero attached hydrogens (tertiary/aromatic N) is 1. The van der Waals surface area contributed by atoms with E-state index >= 15 is 0 Å². The molecule has 1 amide bonds. The number of hydrogen-bond acceptors (Lipinski definition) is 4. The molecular weight excluding hydrogens is 453 g/mol. The van der Waals surface area contributed by atoms with Crippen LogP contribution in [0.2, 0.25) is 5.02 Å². The third kappa shape index (κ3) is 4.14. The van der Waals surface area contributed by atoms with Crippen molar-refractivity contribution in [2.45, 2.75) is 17.5 Å². The molecule has 3 N–H and O–H groups in total. The van der Waals surface area contributed by atoms with E-state index < -0.39 is 40.0 Å². The average Bonchev–Trinajstić information content (AvgIpc) is 2.72. The molecule has 0 fully saturated rings. The Bertz CT molecular complexity index is 1200. The average molecular weight is 467 g/mol. The molecule has 160 valence electrons. The van der Waals surface area contributed by atoms with Crippen LogP contribution in [0.4, 0.5) is 24.5 Å². The first-order valence-electron chi connectivity index (χ1n) is 8.86. The fourth-order valence-electron chi connectivity index (χ4n) is 3.07. The van der Waals surface area contributed by atoms with Gasteiger partial charge in [-0.05, 0) is 37.3 Å². The van der Waals surface area contributed by atoms with E-state index in [1.807, 2.05) is 0 Å². The van der Waals surface area contributed by atoms with E-state index in [9.17, 15) is 22.2 Å². The monoisotopic (exact) mass is 466 g/mol. The zero-order valence-electron chi connectivity index (χ0n) is 15.8. The van der Waals surface area contributed by atoms with Crippen LogP contribution >= 0.6 is 11.6 Å². The molecule has 0 saturated carbocycles. The molecule has 2 unspecified atom stereocenters. The predicted octanol–water partition coefficient (Wildman–Crippen LogP) is 4.32. The summed E-state index contributed by atoms with van der Waals surface area (Å²) in [6.07, 6.45) is 1.47. The second-order valence-electron chi connectivity index (χ2n) is 6.90. The number of nitrogens with one attached hydrogen (secondary N) is 3. The molecule has 11 heteroatoms. The van der Waals surface area contributed by atoms with E-state index in [2.05, 4.69) is 20.3 Å². The summed E-state index contributed by atoms with van der Waals surface area (Å²) in [4.78, 5) is 17.0. The molecule has 4 rings (SSSR count). The van der Waals surface area contributed by atoms with Gasteiger partial charge in [-0.2, -0.15) is 0 Å². The summed E-state index contributed by atoms with van der Waals surface area (Å²) in [6, 6.07) is 9.07. The molecule has 2 atom stereocenters. The molecule has 0 aliphatic carbocycles. The lowest BCUT2D eigenvalue weighted by molar-refractivity contribution is 0.102. The Hall–Kier alpha value is -2.95. The summed E-state index contributed by atoms with van der Waals surface area (Å²) >= 11 is 5.87. The predicted molar refractivity (Wildman–Crippen MR) is 110 cm³/mol. The lowest BCUT2D eigenvalue weighted by Crippen LogP contribution is -2.50. The number of rotatable bonds is 3. The van der Waals surface area contributed by atoms with Crippen molar-refractivity contribution in [1.82, 2.24) is 9.71 Å². The molecule has 0 bridgehead atoms. The molecule has 0 saturated heterocycles. The van der Waals surface area contributed by atoms with Crippen LogP contribution in [0.25, 0.3) is 0 Å². The normalized spacial score (nSPS) is 20.0. The van der Waals surface area contributed by atoms with Gasteiger partial charge in [-0.3, -0.25) is 9.78 Å². The van der Waals surface area contributed by atoms with Gasteiger partial charge >= 0.3 is 0 Å². The van der Waals surface area contributed by atoms with Crippen LogP contribution in [0.1, 0.15) is 23.0 Å². The van der Waals surface area contributed by atoms with Crippen LogP contribution in [0.5, 0.6) is 0 Å². The van der Waals surface area contributed by atoms with E-state index in [0.717, 1.165) is 0 Å². The maximum Gasteiger partial charge on any atom is 0.255 e. The first kappa shape index (κ1) is 21.3. The highest BCUT2D eigenvalue weighted by Crippen LogP contribution is 2.33. The Morgan fingerprint density at radius 2 is 1.84 bits per heavy atom. The van der Waals surface area contributed by atoms with Gasteiger partial charge in [0.15, 0.2) is 17.5 Å². The first-order chi connectivity index (χ1) is 14.7. The Morgan fingerprint density at radius 3 is 2.48 bits per heavy atom. The number of fused-ring (bicyclic) bond motifs is 1. The van der Waals surface area contributed by atoms with Gasteiger partial charge in [0.2, 0.25) is 0 Å². The first-order valence-corrected chi connectivity index (χ1v) is 10.4. The van der Waals surface area contributed by atoms with Gasteiger partial charge < -0.3 is 10.6 Å². The van der Waals surface area contributed by atoms with Gasteiger partial charge in [0.1, 0.15) is 16.6 Å². The SMILES string of the molecule is CC1(c2ccc(Cl)cn2)Nc2ccc(C(=O)Nc3cc(F)c(F)c(F)c3)cc2S(=O)N1. The zero-order valence-corrected chi connectivity index (χ0v) is 17.4. The second-order valence-corrected chi connectivity index (χ2v) is 8.52. The summed E-state index contributed by atoms with van der Waals surface area (Å²) < 4.78 is 55.6. The summed E-state index contributed by atoms with van der Waals surface area (Å²) in [5.41, 5.74) is -0.0631. The van der Waals surface area contributed by atoms with E-state index in [0.29, 0.717) is 33.4 Å². The van der Waals surface area contributed by atoms with Crippen molar-refractivity contribution < 1.29 is 22.2 Å². The van der Waals surface area contributed by atoms with Gasteiger partial charge in [-0.1, -0.05) is 11.6 Å². The number of hydrogen-bond donors (Lipinski definition) is 3. The van der Waals surface area contributed by atoms with Crippen molar-refractivity contribution in [2.75, 3.05) is 10.6 Å². The molecule has 0 spiro atoms. The highest BCUT2D eigenvalue weighted by Gasteiger charge is 2.36. The molecule has 6 nitrogen and oxygen atoms in total. The lowest BCUT2D eigenvalue weighted by atomic mass is 10.1. The maximum absolute atomic E-state index is 13.4. The van der Waals surface area contributed by atoms with Gasteiger partial charge in [-0.25, -0.2) is 22.1 Å². The molecule has 3 aromatic rings. The number of pyridine rings is 1.